The molecule has 1 aromatic carbocycles. The summed E-state index contributed by atoms with van der Waals surface area (Å²) in [6.07, 6.45) is 7.35. The van der Waals surface area contributed by atoms with Gasteiger partial charge in [-0.1, -0.05) is 38.3 Å². The van der Waals surface area contributed by atoms with Crippen LogP contribution in [0.5, 0.6) is 5.75 Å². The molecule has 0 unspecified atom stereocenters. The third-order valence-corrected chi connectivity index (χ3v) is 4.04. The average molecular weight is 306 g/mol. The van der Waals surface area contributed by atoms with Crippen molar-refractivity contribution in [2.45, 2.75) is 65.7 Å². The number of hydrogen-bond acceptors (Lipinski definition) is 2. The summed E-state index contributed by atoms with van der Waals surface area (Å²) < 4.78 is 5.72. The first kappa shape index (κ1) is 18.5. The Morgan fingerprint density at radius 2 is 1.77 bits per heavy atom. The molecule has 0 spiro atoms. The Labute approximate surface area is 134 Å². The molecule has 1 rings (SSSR count). The zero-order valence-electron chi connectivity index (χ0n) is 14.2. The third kappa shape index (κ3) is 6.97. The molecule has 0 fully saturated rings. The number of unbranched alkanes of at least 4 members (excludes halogenated alkanes) is 3. The summed E-state index contributed by atoms with van der Waals surface area (Å²) in [4.78, 5) is 11.1. The fourth-order valence-electron chi connectivity index (χ4n) is 2.31. The molecule has 0 saturated carbocycles. The van der Waals surface area contributed by atoms with Gasteiger partial charge >= 0.3 is 5.97 Å². The summed E-state index contributed by atoms with van der Waals surface area (Å²) in [6, 6.07) is 8.18. The zero-order chi connectivity index (χ0) is 16.4. The van der Waals surface area contributed by atoms with Crippen molar-refractivity contribution in [2.24, 2.45) is 5.41 Å². The first-order chi connectivity index (χ1) is 10.5. The Morgan fingerprint density at radius 3 is 2.36 bits per heavy atom. The van der Waals surface area contributed by atoms with Crippen LogP contribution in [0, 0.1) is 5.41 Å². The van der Waals surface area contributed by atoms with E-state index in [9.17, 15) is 4.79 Å². The Morgan fingerprint density at radius 1 is 1.09 bits per heavy atom. The van der Waals surface area contributed by atoms with Gasteiger partial charge in [-0.2, -0.15) is 0 Å². The van der Waals surface area contributed by atoms with Crippen molar-refractivity contribution in [1.82, 2.24) is 0 Å². The van der Waals surface area contributed by atoms with Crippen molar-refractivity contribution in [2.75, 3.05) is 6.61 Å². The summed E-state index contributed by atoms with van der Waals surface area (Å²) in [5.74, 6) is 0.199. The molecule has 0 aromatic heterocycles. The van der Waals surface area contributed by atoms with Crippen LogP contribution in [0.25, 0.3) is 0 Å². The highest BCUT2D eigenvalue weighted by molar-refractivity contribution is 5.73. The quantitative estimate of drug-likeness (QED) is 0.580. The van der Waals surface area contributed by atoms with Crippen molar-refractivity contribution in [3.63, 3.8) is 0 Å². The lowest BCUT2D eigenvalue weighted by molar-refractivity contribution is -0.147. The maximum atomic E-state index is 11.1. The molecule has 124 valence electrons. The molecule has 1 N–H and O–H groups in total. The number of ether oxygens (including phenoxy) is 1. The van der Waals surface area contributed by atoms with Crippen LogP contribution in [0.1, 0.15) is 64.9 Å². The number of aliphatic carboxylic acids is 1. The molecular formula is C19H30O3. The van der Waals surface area contributed by atoms with Crippen LogP contribution in [0.3, 0.4) is 0 Å². The molecule has 0 amide bonds. The van der Waals surface area contributed by atoms with Gasteiger partial charge in [0.1, 0.15) is 5.75 Å². The normalized spacial score (nSPS) is 11.4. The minimum Gasteiger partial charge on any atom is -0.494 e. The Hall–Kier alpha value is -1.51. The van der Waals surface area contributed by atoms with Crippen LogP contribution in [-0.4, -0.2) is 17.7 Å². The number of aryl methyl sites for hydroxylation is 1. The van der Waals surface area contributed by atoms with E-state index in [2.05, 4.69) is 19.1 Å². The van der Waals surface area contributed by atoms with E-state index in [1.165, 1.54) is 24.8 Å². The van der Waals surface area contributed by atoms with Crippen LogP contribution in [-0.2, 0) is 11.2 Å². The topological polar surface area (TPSA) is 46.5 Å². The molecule has 22 heavy (non-hydrogen) atoms. The van der Waals surface area contributed by atoms with Gasteiger partial charge in [-0.15, -0.1) is 0 Å². The molecule has 0 aliphatic heterocycles. The fraction of sp³-hybridized carbons (Fsp3) is 0.632. The maximum absolute atomic E-state index is 11.1. The van der Waals surface area contributed by atoms with Gasteiger partial charge in [0.05, 0.1) is 12.0 Å². The number of benzene rings is 1. The molecule has 0 bridgehead atoms. The van der Waals surface area contributed by atoms with Crippen LogP contribution in [0.4, 0.5) is 0 Å². The van der Waals surface area contributed by atoms with Gasteiger partial charge in [0.15, 0.2) is 0 Å². The van der Waals surface area contributed by atoms with Crippen LogP contribution < -0.4 is 4.74 Å². The Balaban J connectivity index is 2.28. The second kappa shape index (κ2) is 9.50. The lowest BCUT2D eigenvalue weighted by atomic mass is 9.87. The maximum Gasteiger partial charge on any atom is 0.309 e. The lowest BCUT2D eigenvalue weighted by Gasteiger charge is -2.18. The standard InChI is InChI=1S/C19H30O3/c1-4-5-6-7-15-22-17-12-10-16(11-13-17)9-8-14-19(2,3)18(20)21/h10-13H,4-9,14-15H2,1-3H3,(H,20,21). The van der Waals surface area contributed by atoms with Crippen LogP contribution in [0.2, 0.25) is 0 Å². The van der Waals surface area contributed by atoms with E-state index < -0.39 is 11.4 Å². The number of carbonyl (C=O) groups is 1. The predicted molar refractivity (Wildman–Crippen MR) is 90.4 cm³/mol. The molecule has 0 radical (unpaired) electrons. The van der Waals surface area contributed by atoms with Gasteiger partial charge in [0, 0.05) is 0 Å². The molecule has 0 heterocycles. The van der Waals surface area contributed by atoms with Gasteiger partial charge < -0.3 is 9.84 Å². The van der Waals surface area contributed by atoms with Gasteiger partial charge in [0.25, 0.3) is 0 Å². The van der Waals surface area contributed by atoms with Crippen molar-refractivity contribution >= 4 is 5.97 Å². The zero-order valence-corrected chi connectivity index (χ0v) is 14.2. The summed E-state index contributed by atoms with van der Waals surface area (Å²) >= 11 is 0. The van der Waals surface area contributed by atoms with Crippen LogP contribution >= 0.6 is 0 Å². The minimum atomic E-state index is -0.723. The van der Waals surface area contributed by atoms with Gasteiger partial charge in [-0.3, -0.25) is 4.79 Å². The van der Waals surface area contributed by atoms with Crippen LogP contribution in [0.15, 0.2) is 24.3 Å². The van der Waals surface area contributed by atoms with Crippen molar-refractivity contribution < 1.29 is 14.6 Å². The minimum absolute atomic E-state index is 0.637. The van der Waals surface area contributed by atoms with E-state index in [1.807, 2.05) is 12.1 Å². The summed E-state index contributed by atoms with van der Waals surface area (Å²) in [6.45, 7) is 6.55. The summed E-state index contributed by atoms with van der Waals surface area (Å²) in [5.41, 5.74) is 0.598. The molecule has 0 saturated heterocycles. The summed E-state index contributed by atoms with van der Waals surface area (Å²) in [7, 11) is 0. The molecule has 3 heteroatoms. The molecule has 3 nitrogen and oxygen atoms in total. The Kier molecular flexibility index (Phi) is 8.00. The largest absolute Gasteiger partial charge is 0.494 e. The monoisotopic (exact) mass is 306 g/mol. The number of hydrogen-bond donors (Lipinski definition) is 1. The predicted octanol–water partition coefficient (Wildman–Crippen LogP) is 5.08. The second-order valence-corrected chi connectivity index (χ2v) is 6.60. The van der Waals surface area contributed by atoms with Gasteiger partial charge in [-0.25, -0.2) is 0 Å². The fourth-order valence-corrected chi connectivity index (χ4v) is 2.31. The molecule has 0 aliphatic rings. The Bertz CT molecular complexity index is 434. The molecule has 0 atom stereocenters. The van der Waals surface area contributed by atoms with E-state index >= 15 is 0 Å². The first-order valence-corrected chi connectivity index (χ1v) is 8.41. The third-order valence-electron chi connectivity index (χ3n) is 4.04. The summed E-state index contributed by atoms with van der Waals surface area (Å²) in [5, 5.41) is 9.09. The highest BCUT2D eigenvalue weighted by Gasteiger charge is 2.25. The first-order valence-electron chi connectivity index (χ1n) is 8.41. The molecule has 1 aromatic rings. The van der Waals surface area contributed by atoms with Gasteiger partial charge in [-0.05, 0) is 57.2 Å². The molecular weight excluding hydrogens is 276 g/mol. The number of rotatable bonds is 11. The second-order valence-electron chi connectivity index (χ2n) is 6.60. The highest BCUT2D eigenvalue weighted by Crippen LogP contribution is 2.24. The highest BCUT2D eigenvalue weighted by atomic mass is 16.5. The number of carboxylic acids is 1. The van der Waals surface area contributed by atoms with E-state index in [1.54, 1.807) is 13.8 Å². The van der Waals surface area contributed by atoms with Crippen molar-refractivity contribution in [3.05, 3.63) is 29.8 Å². The molecule has 0 aliphatic carbocycles. The van der Waals surface area contributed by atoms with E-state index in [0.717, 1.165) is 31.6 Å². The van der Waals surface area contributed by atoms with Crippen molar-refractivity contribution in [3.8, 4) is 5.75 Å². The lowest BCUT2D eigenvalue weighted by Crippen LogP contribution is -2.23. The van der Waals surface area contributed by atoms with E-state index in [4.69, 9.17) is 9.84 Å². The smallest absolute Gasteiger partial charge is 0.309 e. The van der Waals surface area contributed by atoms with E-state index in [0.29, 0.717) is 6.42 Å². The van der Waals surface area contributed by atoms with E-state index in [-0.39, 0.29) is 0 Å². The SMILES string of the molecule is CCCCCCOc1ccc(CCCC(C)(C)C(=O)O)cc1. The van der Waals surface area contributed by atoms with Crippen molar-refractivity contribution in [1.29, 1.82) is 0 Å². The van der Waals surface area contributed by atoms with Gasteiger partial charge in [0.2, 0.25) is 0 Å². The average Bonchev–Trinajstić information content (AvgIpc) is 2.48. The number of carboxylic acid groups (broad SMARTS) is 1.